The smallest absolute Gasteiger partial charge is 0.280 e. The third-order valence-electron chi connectivity index (χ3n) is 4.75. The van der Waals surface area contributed by atoms with Crippen molar-refractivity contribution >= 4 is 32.4 Å². The van der Waals surface area contributed by atoms with E-state index in [1.807, 2.05) is 13.8 Å². The molecule has 5 nitrogen and oxygen atoms in total. The van der Waals surface area contributed by atoms with Crippen molar-refractivity contribution in [3.8, 4) is 0 Å². The molecule has 0 heterocycles. The highest BCUT2D eigenvalue weighted by Crippen LogP contribution is 2.27. The van der Waals surface area contributed by atoms with Crippen LogP contribution in [0.25, 0.3) is 0 Å². The van der Waals surface area contributed by atoms with Crippen molar-refractivity contribution < 1.29 is 14.3 Å². The van der Waals surface area contributed by atoms with Gasteiger partial charge in [0.2, 0.25) is 5.91 Å². The highest BCUT2D eigenvalue weighted by Gasteiger charge is 2.25. The number of hydrogen-bond donors (Lipinski definition) is 2. The van der Waals surface area contributed by atoms with Crippen LogP contribution in [0.3, 0.4) is 0 Å². The average Bonchev–Trinajstić information content (AvgIpc) is 2.61. The first kappa shape index (κ1) is 27.8. The Morgan fingerprint density at radius 1 is 0.962 bits per heavy atom. The Balaban J connectivity index is 0. The zero-order valence-electron chi connectivity index (χ0n) is 18.0. The number of carbonyl (C=O) groups is 2. The summed E-state index contributed by atoms with van der Waals surface area (Å²) >= 11 is 1.70. The maximum Gasteiger partial charge on any atom is 0.280 e. The van der Waals surface area contributed by atoms with E-state index < -0.39 is 0 Å². The molecular formula is C20H41IN2O3. The normalized spacial score (nSPS) is 13.2. The molecule has 26 heavy (non-hydrogen) atoms. The number of amides is 2. The molecule has 0 bridgehead atoms. The van der Waals surface area contributed by atoms with Crippen molar-refractivity contribution in [3.63, 3.8) is 0 Å². The number of hydrogen-bond acceptors (Lipinski definition) is 3. The third-order valence-corrected chi connectivity index (χ3v) is 5.14. The number of carbonyl (C=O) groups excluding carboxylic acids is 2. The Morgan fingerprint density at radius 2 is 1.54 bits per heavy atom. The topological polar surface area (TPSA) is 67.4 Å². The monoisotopic (exact) mass is 484 g/mol. The van der Waals surface area contributed by atoms with Crippen molar-refractivity contribution in [1.29, 1.82) is 0 Å². The SMILES string of the molecule is CC.CCC(C)(C)CCOC(C)(CC)CCC(=O)NCCCNC(=O)I. The molecule has 0 aromatic heterocycles. The minimum absolute atomic E-state index is 0.0490. The Labute approximate surface area is 174 Å². The first-order valence-corrected chi connectivity index (χ1v) is 11.1. The second-order valence-corrected chi connectivity index (χ2v) is 8.30. The predicted molar refractivity (Wildman–Crippen MR) is 119 cm³/mol. The Bertz CT molecular complexity index is 389. The summed E-state index contributed by atoms with van der Waals surface area (Å²) in [5.74, 6) is 0.0490. The van der Waals surface area contributed by atoms with Gasteiger partial charge in [0.25, 0.3) is 3.91 Å². The first-order chi connectivity index (χ1) is 12.1. The van der Waals surface area contributed by atoms with Crippen LogP contribution < -0.4 is 10.6 Å². The van der Waals surface area contributed by atoms with E-state index in [4.69, 9.17) is 4.74 Å². The standard InChI is InChI=1S/C18H35IN2O3.C2H6/c1-6-17(3,4)11-14-24-18(5,7-2)10-9-15(22)20-12-8-13-21-16(19)23;1-2/h6-14H2,1-5H3,(H,20,22)(H,21,23);1-2H3. The lowest BCUT2D eigenvalue weighted by atomic mass is 9.87. The molecule has 0 aliphatic heterocycles. The summed E-state index contributed by atoms with van der Waals surface area (Å²) < 4.78 is 6.04. The predicted octanol–water partition coefficient (Wildman–Crippen LogP) is 5.46. The molecule has 156 valence electrons. The van der Waals surface area contributed by atoms with Gasteiger partial charge in [0.15, 0.2) is 0 Å². The van der Waals surface area contributed by atoms with Crippen LogP contribution in [0.5, 0.6) is 0 Å². The van der Waals surface area contributed by atoms with Crippen LogP contribution in [0.4, 0.5) is 4.79 Å². The van der Waals surface area contributed by atoms with Crippen molar-refractivity contribution in [2.75, 3.05) is 19.7 Å². The van der Waals surface area contributed by atoms with Crippen LogP contribution in [-0.2, 0) is 9.53 Å². The van der Waals surface area contributed by atoms with Crippen LogP contribution in [0.15, 0.2) is 0 Å². The number of ether oxygens (including phenoxy) is 1. The molecule has 0 aliphatic carbocycles. The highest BCUT2D eigenvalue weighted by molar-refractivity contribution is 14.1. The number of rotatable bonds is 13. The van der Waals surface area contributed by atoms with Crippen LogP contribution >= 0.6 is 22.6 Å². The van der Waals surface area contributed by atoms with Crippen molar-refractivity contribution in [2.24, 2.45) is 5.41 Å². The molecule has 1 unspecified atom stereocenters. The molecule has 0 aromatic carbocycles. The van der Waals surface area contributed by atoms with E-state index in [-0.39, 0.29) is 15.4 Å². The molecule has 2 amide bonds. The molecule has 0 saturated heterocycles. The molecule has 0 saturated carbocycles. The molecule has 0 fully saturated rings. The van der Waals surface area contributed by atoms with Gasteiger partial charge < -0.3 is 15.4 Å². The molecule has 2 N–H and O–H groups in total. The van der Waals surface area contributed by atoms with E-state index in [1.54, 1.807) is 22.6 Å². The molecule has 0 rings (SSSR count). The maximum atomic E-state index is 11.9. The van der Waals surface area contributed by atoms with Gasteiger partial charge in [0.05, 0.1) is 5.60 Å². The second kappa shape index (κ2) is 15.7. The highest BCUT2D eigenvalue weighted by atomic mass is 127. The minimum Gasteiger partial charge on any atom is -0.375 e. The van der Waals surface area contributed by atoms with Crippen LogP contribution in [0.1, 0.15) is 87.0 Å². The fourth-order valence-electron chi connectivity index (χ4n) is 2.07. The van der Waals surface area contributed by atoms with Gasteiger partial charge in [-0.25, -0.2) is 0 Å². The summed E-state index contributed by atoms with van der Waals surface area (Å²) in [6, 6.07) is 0. The Morgan fingerprint density at radius 3 is 2.04 bits per heavy atom. The van der Waals surface area contributed by atoms with E-state index in [9.17, 15) is 9.59 Å². The molecule has 0 aliphatic rings. The molecule has 1 atom stereocenters. The van der Waals surface area contributed by atoms with Gasteiger partial charge in [-0.05, 0) is 38.0 Å². The van der Waals surface area contributed by atoms with Gasteiger partial charge in [-0.3, -0.25) is 9.59 Å². The van der Waals surface area contributed by atoms with E-state index in [2.05, 4.69) is 45.3 Å². The van der Waals surface area contributed by atoms with Gasteiger partial charge in [0, 0.05) is 48.7 Å². The lowest BCUT2D eigenvalue weighted by molar-refractivity contribution is -0.123. The van der Waals surface area contributed by atoms with Gasteiger partial charge >= 0.3 is 0 Å². The summed E-state index contributed by atoms with van der Waals surface area (Å²) in [7, 11) is 0. The summed E-state index contributed by atoms with van der Waals surface area (Å²) in [6.45, 7) is 16.8. The molecule has 0 spiro atoms. The number of nitrogens with one attached hydrogen (secondary N) is 2. The Hall–Kier alpha value is -0.370. The zero-order valence-corrected chi connectivity index (χ0v) is 20.1. The zero-order chi connectivity index (χ0) is 20.6. The average molecular weight is 484 g/mol. The summed E-state index contributed by atoms with van der Waals surface area (Å²) in [5, 5.41) is 5.60. The Kier molecular flexibility index (Phi) is 16.8. The lowest BCUT2D eigenvalue weighted by Gasteiger charge is -2.31. The largest absolute Gasteiger partial charge is 0.375 e. The van der Waals surface area contributed by atoms with Gasteiger partial charge in [-0.15, -0.1) is 0 Å². The second-order valence-electron chi connectivity index (χ2n) is 7.32. The van der Waals surface area contributed by atoms with Crippen LogP contribution in [0, 0.1) is 5.41 Å². The van der Waals surface area contributed by atoms with E-state index in [0.717, 1.165) is 38.7 Å². The van der Waals surface area contributed by atoms with Crippen molar-refractivity contribution in [2.45, 2.75) is 92.6 Å². The van der Waals surface area contributed by atoms with Crippen molar-refractivity contribution in [1.82, 2.24) is 10.6 Å². The van der Waals surface area contributed by atoms with E-state index in [1.165, 1.54) is 0 Å². The summed E-state index contributed by atoms with van der Waals surface area (Å²) in [4.78, 5) is 22.7. The van der Waals surface area contributed by atoms with Crippen LogP contribution in [0.2, 0.25) is 0 Å². The molecule has 0 radical (unpaired) electrons. The van der Waals surface area contributed by atoms with E-state index >= 15 is 0 Å². The number of halogens is 1. The fraction of sp³-hybridized carbons (Fsp3) is 0.900. The maximum absolute atomic E-state index is 11.9. The fourth-order valence-corrected chi connectivity index (χ4v) is 2.34. The van der Waals surface area contributed by atoms with Crippen molar-refractivity contribution in [3.05, 3.63) is 0 Å². The first-order valence-electron chi connectivity index (χ1n) is 9.98. The van der Waals surface area contributed by atoms with Gasteiger partial charge in [0.1, 0.15) is 0 Å². The van der Waals surface area contributed by atoms with Crippen LogP contribution in [-0.4, -0.2) is 35.1 Å². The summed E-state index contributed by atoms with van der Waals surface area (Å²) in [6.07, 6.45) is 5.02. The van der Waals surface area contributed by atoms with Gasteiger partial charge in [-0.2, -0.15) is 0 Å². The minimum atomic E-state index is -0.240. The lowest BCUT2D eigenvalue weighted by Crippen LogP contribution is -2.33. The summed E-state index contributed by atoms with van der Waals surface area (Å²) in [5.41, 5.74) is 0.0652. The quantitative estimate of drug-likeness (QED) is 0.158. The van der Waals surface area contributed by atoms with Gasteiger partial charge in [-0.1, -0.05) is 48.0 Å². The van der Waals surface area contributed by atoms with E-state index in [0.29, 0.717) is 24.9 Å². The molecule has 6 heteroatoms. The third kappa shape index (κ3) is 15.9. The molecular weight excluding hydrogens is 443 g/mol. The molecule has 0 aromatic rings.